The molecule has 0 fully saturated rings. The summed E-state index contributed by atoms with van der Waals surface area (Å²) in [6.45, 7) is 0. The second kappa shape index (κ2) is 6.62. The van der Waals surface area contributed by atoms with E-state index in [0.29, 0.717) is 22.7 Å². The van der Waals surface area contributed by atoms with Gasteiger partial charge in [-0.3, -0.25) is 4.79 Å². The second-order valence-corrected chi connectivity index (χ2v) is 4.80. The Morgan fingerprint density at radius 1 is 0.957 bits per heavy atom. The quantitative estimate of drug-likeness (QED) is 0.770. The minimum Gasteiger partial charge on any atom is -0.455 e. The summed E-state index contributed by atoms with van der Waals surface area (Å²) in [4.78, 5) is 16.3. The first-order chi connectivity index (χ1) is 11.2. The van der Waals surface area contributed by atoms with E-state index in [-0.39, 0.29) is 11.7 Å². The monoisotopic (exact) mass is 305 g/mol. The third-order valence-corrected chi connectivity index (χ3v) is 3.19. The van der Waals surface area contributed by atoms with Gasteiger partial charge in [-0.2, -0.15) is 0 Å². The molecule has 3 aromatic rings. The minimum atomic E-state index is -0.334. The normalized spacial score (nSPS) is 10.1. The molecule has 3 rings (SSSR count). The maximum absolute atomic E-state index is 12.4. The summed E-state index contributed by atoms with van der Waals surface area (Å²) in [6, 6.07) is 19.9. The molecule has 0 spiro atoms. The van der Waals surface area contributed by atoms with Crippen LogP contribution in [0.25, 0.3) is 0 Å². The summed E-state index contributed by atoms with van der Waals surface area (Å²) in [5.74, 6) is 1.09. The van der Waals surface area contributed by atoms with Crippen molar-refractivity contribution in [3.8, 4) is 11.5 Å². The largest absolute Gasteiger partial charge is 0.455 e. The Balaban J connectivity index is 1.84. The van der Waals surface area contributed by atoms with Gasteiger partial charge in [-0.1, -0.05) is 30.3 Å². The Labute approximate surface area is 133 Å². The number of carbonyl (C=O) groups excluding carboxylic acids is 1. The van der Waals surface area contributed by atoms with Gasteiger partial charge in [-0.15, -0.1) is 0 Å². The molecule has 0 radical (unpaired) electrons. The number of nitrogens with two attached hydrogens (primary N) is 1. The van der Waals surface area contributed by atoms with Crippen molar-refractivity contribution in [1.29, 1.82) is 0 Å². The highest BCUT2D eigenvalue weighted by molar-refractivity contribution is 6.07. The molecule has 2 aromatic carbocycles. The van der Waals surface area contributed by atoms with Crippen molar-refractivity contribution in [2.75, 3.05) is 11.1 Å². The van der Waals surface area contributed by atoms with Crippen LogP contribution >= 0.6 is 0 Å². The molecule has 0 aliphatic rings. The van der Waals surface area contributed by atoms with Crippen molar-refractivity contribution in [1.82, 2.24) is 4.98 Å². The Hall–Kier alpha value is -3.34. The molecule has 5 heteroatoms. The molecule has 1 amide bonds. The Morgan fingerprint density at radius 3 is 2.48 bits per heavy atom. The van der Waals surface area contributed by atoms with Crippen molar-refractivity contribution < 1.29 is 9.53 Å². The van der Waals surface area contributed by atoms with Crippen LogP contribution in [0.15, 0.2) is 72.9 Å². The molecule has 0 saturated heterocycles. The van der Waals surface area contributed by atoms with E-state index < -0.39 is 0 Å². The van der Waals surface area contributed by atoms with Crippen molar-refractivity contribution in [3.05, 3.63) is 78.5 Å². The molecule has 0 unspecified atom stereocenters. The van der Waals surface area contributed by atoms with Crippen molar-refractivity contribution >= 4 is 17.4 Å². The number of hydrogen-bond acceptors (Lipinski definition) is 4. The predicted molar refractivity (Wildman–Crippen MR) is 89.6 cm³/mol. The number of amides is 1. The number of rotatable bonds is 4. The van der Waals surface area contributed by atoms with Crippen LogP contribution in [-0.2, 0) is 0 Å². The number of nitrogen functional groups attached to an aromatic ring is 1. The van der Waals surface area contributed by atoms with Crippen LogP contribution in [0.5, 0.6) is 11.5 Å². The highest BCUT2D eigenvalue weighted by Crippen LogP contribution is 2.29. The number of anilines is 2. The molecule has 3 N–H and O–H groups in total. The maximum Gasteiger partial charge on any atom is 0.259 e. The molecule has 0 aliphatic carbocycles. The molecular weight excluding hydrogens is 290 g/mol. The van der Waals surface area contributed by atoms with Crippen LogP contribution in [0.1, 0.15) is 10.4 Å². The number of para-hydroxylation sites is 3. The minimum absolute atomic E-state index is 0.187. The number of nitrogens with zero attached hydrogens (tertiary/aromatic N) is 1. The Kier molecular flexibility index (Phi) is 4.20. The Morgan fingerprint density at radius 2 is 1.70 bits per heavy atom. The fraction of sp³-hybridized carbons (Fsp3) is 0. The van der Waals surface area contributed by atoms with Gasteiger partial charge in [0.25, 0.3) is 5.91 Å². The summed E-state index contributed by atoms with van der Waals surface area (Å²) < 4.78 is 5.81. The van der Waals surface area contributed by atoms with Gasteiger partial charge < -0.3 is 15.8 Å². The number of nitrogens with one attached hydrogen (secondary N) is 1. The fourth-order valence-corrected chi connectivity index (χ4v) is 2.07. The summed E-state index contributed by atoms with van der Waals surface area (Å²) >= 11 is 0. The number of carbonyl (C=O) groups is 1. The molecule has 0 atom stereocenters. The van der Waals surface area contributed by atoms with E-state index in [4.69, 9.17) is 10.5 Å². The summed E-state index contributed by atoms with van der Waals surface area (Å²) in [7, 11) is 0. The lowest BCUT2D eigenvalue weighted by molar-refractivity contribution is 0.102. The van der Waals surface area contributed by atoms with Crippen LogP contribution in [0.2, 0.25) is 0 Å². The number of ether oxygens (including phenoxy) is 1. The van der Waals surface area contributed by atoms with Crippen LogP contribution < -0.4 is 15.8 Å². The number of benzene rings is 2. The molecule has 0 aliphatic heterocycles. The zero-order valence-electron chi connectivity index (χ0n) is 12.3. The van der Waals surface area contributed by atoms with Gasteiger partial charge in [-0.05, 0) is 36.4 Å². The zero-order chi connectivity index (χ0) is 16.1. The molecule has 0 saturated carbocycles. The van der Waals surface area contributed by atoms with Crippen LogP contribution in [-0.4, -0.2) is 10.9 Å². The smallest absolute Gasteiger partial charge is 0.259 e. The third-order valence-electron chi connectivity index (χ3n) is 3.19. The first kappa shape index (κ1) is 14.6. The van der Waals surface area contributed by atoms with E-state index in [1.807, 2.05) is 42.5 Å². The molecule has 1 aromatic heterocycles. The van der Waals surface area contributed by atoms with Gasteiger partial charge in [0.15, 0.2) is 5.75 Å². The molecule has 1 heterocycles. The highest BCUT2D eigenvalue weighted by atomic mass is 16.5. The van der Waals surface area contributed by atoms with Gasteiger partial charge in [0.2, 0.25) is 0 Å². The van der Waals surface area contributed by atoms with Gasteiger partial charge in [0.05, 0.1) is 11.3 Å². The third kappa shape index (κ3) is 3.47. The van der Waals surface area contributed by atoms with E-state index in [9.17, 15) is 4.79 Å². The SMILES string of the molecule is Nc1ncccc1C(=O)Nc1ccccc1Oc1ccccc1. The molecular formula is C18H15N3O2. The topological polar surface area (TPSA) is 77.2 Å². The maximum atomic E-state index is 12.4. The van der Waals surface area contributed by atoms with Gasteiger partial charge in [0.1, 0.15) is 11.6 Å². The van der Waals surface area contributed by atoms with Gasteiger partial charge in [0, 0.05) is 6.20 Å². The number of hydrogen-bond donors (Lipinski definition) is 2. The predicted octanol–water partition coefficient (Wildman–Crippen LogP) is 3.71. The van der Waals surface area contributed by atoms with E-state index in [2.05, 4.69) is 10.3 Å². The highest BCUT2D eigenvalue weighted by Gasteiger charge is 2.13. The van der Waals surface area contributed by atoms with Crippen molar-refractivity contribution in [3.63, 3.8) is 0 Å². The summed E-state index contributed by atoms with van der Waals surface area (Å²) in [6.07, 6.45) is 1.54. The lowest BCUT2D eigenvalue weighted by Crippen LogP contribution is -2.15. The van der Waals surface area contributed by atoms with Crippen molar-refractivity contribution in [2.24, 2.45) is 0 Å². The summed E-state index contributed by atoms with van der Waals surface area (Å²) in [5.41, 5.74) is 6.61. The fourth-order valence-electron chi connectivity index (χ4n) is 2.07. The average molecular weight is 305 g/mol. The van der Waals surface area contributed by atoms with Crippen LogP contribution in [0.3, 0.4) is 0 Å². The standard InChI is InChI=1S/C18H15N3O2/c19-17-14(9-6-12-20-17)18(22)21-15-10-4-5-11-16(15)23-13-7-2-1-3-8-13/h1-12H,(H2,19,20)(H,21,22). The first-order valence-electron chi connectivity index (χ1n) is 7.08. The van der Waals surface area contributed by atoms with Gasteiger partial charge in [-0.25, -0.2) is 4.98 Å². The molecule has 0 bridgehead atoms. The van der Waals surface area contributed by atoms with Crippen molar-refractivity contribution in [2.45, 2.75) is 0 Å². The van der Waals surface area contributed by atoms with E-state index in [1.165, 1.54) is 0 Å². The molecule has 5 nitrogen and oxygen atoms in total. The van der Waals surface area contributed by atoms with Gasteiger partial charge >= 0.3 is 0 Å². The average Bonchev–Trinajstić information content (AvgIpc) is 2.58. The van der Waals surface area contributed by atoms with Crippen LogP contribution in [0, 0.1) is 0 Å². The molecule has 23 heavy (non-hydrogen) atoms. The number of aromatic nitrogens is 1. The molecule has 114 valence electrons. The van der Waals surface area contributed by atoms with E-state index in [1.54, 1.807) is 30.5 Å². The zero-order valence-corrected chi connectivity index (χ0v) is 12.3. The van der Waals surface area contributed by atoms with E-state index >= 15 is 0 Å². The van der Waals surface area contributed by atoms with Crippen LogP contribution in [0.4, 0.5) is 11.5 Å². The Bertz CT molecular complexity index is 819. The first-order valence-corrected chi connectivity index (χ1v) is 7.08. The summed E-state index contributed by atoms with van der Waals surface area (Å²) in [5, 5.41) is 2.80. The lowest BCUT2D eigenvalue weighted by atomic mass is 10.2. The second-order valence-electron chi connectivity index (χ2n) is 4.80. The van der Waals surface area contributed by atoms with E-state index in [0.717, 1.165) is 0 Å². The lowest BCUT2D eigenvalue weighted by Gasteiger charge is -2.12. The number of pyridine rings is 1.